The lowest BCUT2D eigenvalue weighted by molar-refractivity contribution is -0.142. The van der Waals surface area contributed by atoms with Crippen LogP contribution in [0, 0.1) is 11.8 Å². The SMILES string of the molecule is C[C@@H]1CN(C(=O)Cc2csc(-c3ccc(Cl)s3)n2)C[C@H]1C(=O)O. The van der Waals surface area contributed by atoms with Crippen molar-refractivity contribution in [1.82, 2.24) is 9.88 Å². The lowest BCUT2D eigenvalue weighted by atomic mass is 9.99. The van der Waals surface area contributed by atoms with Gasteiger partial charge < -0.3 is 10.0 Å². The Morgan fingerprint density at radius 1 is 1.43 bits per heavy atom. The fraction of sp³-hybridized carbons (Fsp3) is 0.400. The second-order valence-electron chi connectivity index (χ2n) is 5.65. The Hall–Kier alpha value is -1.44. The van der Waals surface area contributed by atoms with Gasteiger partial charge in [0, 0.05) is 18.5 Å². The summed E-state index contributed by atoms with van der Waals surface area (Å²) in [5.41, 5.74) is 0.714. The molecule has 2 aromatic heterocycles. The molecular weight excluding hydrogens is 356 g/mol. The lowest BCUT2D eigenvalue weighted by Gasteiger charge is -2.14. The van der Waals surface area contributed by atoms with E-state index in [2.05, 4.69) is 4.98 Å². The highest BCUT2D eigenvalue weighted by atomic mass is 35.5. The maximum atomic E-state index is 12.4. The number of nitrogens with zero attached hydrogens (tertiary/aromatic N) is 2. The minimum absolute atomic E-state index is 0.0179. The first-order valence-corrected chi connectivity index (χ1v) is 9.22. The van der Waals surface area contributed by atoms with Gasteiger partial charge in [-0.3, -0.25) is 9.59 Å². The maximum Gasteiger partial charge on any atom is 0.308 e. The van der Waals surface area contributed by atoms with E-state index < -0.39 is 11.9 Å². The monoisotopic (exact) mass is 370 g/mol. The first-order chi connectivity index (χ1) is 10.9. The van der Waals surface area contributed by atoms with Gasteiger partial charge in [-0.25, -0.2) is 4.98 Å². The second kappa shape index (κ2) is 6.59. The zero-order valence-corrected chi connectivity index (χ0v) is 14.7. The molecule has 2 aromatic rings. The van der Waals surface area contributed by atoms with Gasteiger partial charge in [-0.15, -0.1) is 22.7 Å². The molecule has 1 fully saturated rings. The van der Waals surface area contributed by atoms with E-state index in [1.807, 2.05) is 24.4 Å². The minimum Gasteiger partial charge on any atom is -0.481 e. The summed E-state index contributed by atoms with van der Waals surface area (Å²) in [6.07, 6.45) is 0.203. The standard InChI is InChI=1S/C15H15ClN2O3S2/c1-8-5-18(6-10(8)15(20)21)13(19)4-9-7-22-14(17-9)11-2-3-12(16)23-11/h2-3,7-8,10H,4-6H2,1H3,(H,20,21)/t8-,10-/m1/s1. The molecule has 0 aliphatic carbocycles. The van der Waals surface area contributed by atoms with E-state index >= 15 is 0 Å². The van der Waals surface area contributed by atoms with Crippen molar-refractivity contribution in [3.63, 3.8) is 0 Å². The number of aliphatic carboxylic acids is 1. The van der Waals surface area contributed by atoms with Gasteiger partial charge in [-0.2, -0.15) is 0 Å². The Bertz CT molecular complexity index is 743. The number of hydrogen-bond acceptors (Lipinski definition) is 5. The highest BCUT2D eigenvalue weighted by Gasteiger charge is 2.36. The van der Waals surface area contributed by atoms with Crippen LogP contribution in [0.4, 0.5) is 0 Å². The fourth-order valence-corrected chi connectivity index (χ4v) is 4.62. The molecule has 0 radical (unpaired) electrons. The van der Waals surface area contributed by atoms with Crippen molar-refractivity contribution in [2.75, 3.05) is 13.1 Å². The van der Waals surface area contributed by atoms with Crippen molar-refractivity contribution in [2.45, 2.75) is 13.3 Å². The van der Waals surface area contributed by atoms with Gasteiger partial charge in [-0.1, -0.05) is 18.5 Å². The Kier molecular flexibility index (Phi) is 4.70. The van der Waals surface area contributed by atoms with Crippen molar-refractivity contribution in [1.29, 1.82) is 0 Å². The van der Waals surface area contributed by atoms with Crippen LogP contribution in [-0.4, -0.2) is 40.0 Å². The van der Waals surface area contributed by atoms with Gasteiger partial charge in [0.2, 0.25) is 5.91 Å². The number of carbonyl (C=O) groups excluding carboxylic acids is 1. The number of amides is 1. The summed E-state index contributed by atoms with van der Waals surface area (Å²) in [5, 5.41) is 11.9. The molecule has 0 saturated carbocycles. The van der Waals surface area contributed by atoms with E-state index in [1.165, 1.54) is 22.7 Å². The second-order valence-corrected chi connectivity index (χ2v) is 8.22. The lowest BCUT2D eigenvalue weighted by Crippen LogP contribution is -2.31. The number of hydrogen-bond donors (Lipinski definition) is 1. The Labute approximate surface area is 146 Å². The molecule has 3 heterocycles. The Morgan fingerprint density at radius 2 is 2.22 bits per heavy atom. The summed E-state index contributed by atoms with van der Waals surface area (Å²) in [4.78, 5) is 30.6. The minimum atomic E-state index is -0.835. The number of carboxylic acids is 1. The van der Waals surface area contributed by atoms with Crippen LogP contribution in [0.25, 0.3) is 9.88 Å². The van der Waals surface area contributed by atoms with Gasteiger partial charge in [0.05, 0.1) is 27.2 Å². The molecular formula is C15H15ClN2O3S2. The number of thiophene rings is 1. The predicted octanol–water partition coefficient (Wildman–Crippen LogP) is 3.25. The number of carboxylic acid groups (broad SMARTS) is 1. The largest absolute Gasteiger partial charge is 0.481 e. The van der Waals surface area contributed by atoms with Crippen LogP contribution < -0.4 is 0 Å². The number of carbonyl (C=O) groups is 2. The molecule has 5 nitrogen and oxygen atoms in total. The van der Waals surface area contributed by atoms with E-state index in [4.69, 9.17) is 16.7 Å². The molecule has 2 atom stereocenters. The van der Waals surface area contributed by atoms with E-state index in [0.29, 0.717) is 16.6 Å². The van der Waals surface area contributed by atoms with Crippen LogP contribution in [-0.2, 0) is 16.0 Å². The molecule has 8 heteroatoms. The summed E-state index contributed by atoms with van der Waals surface area (Å²) >= 11 is 8.86. The quantitative estimate of drug-likeness (QED) is 0.896. The molecule has 0 spiro atoms. The zero-order chi connectivity index (χ0) is 16.6. The Balaban J connectivity index is 1.65. The molecule has 1 saturated heterocycles. The summed E-state index contributed by atoms with van der Waals surface area (Å²) < 4.78 is 0.707. The van der Waals surface area contributed by atoms with Gasteiger partial charge >= 0.3 is 5.97 Å². The van der Waals surface area contributed by atoms with Crippen LogP contribution in [0.15, 0.2) is 17.5 Å². The molecule has 0 aromatic carbocycles. The number of rotatable bonds is 4. The third-order valence-electron chi connectivity index (χ3n) is 3.95. The summed E-state index contributed by atoms with van der Waals surface area (Å²) in [6, 6.07) is 3.74. The number of halogens is 1. The van der Waals surface area contributed by atoms with Crippen molar-refractivity contribution in [2.24, 2.45) is 11.8 Å². The topological polar surface area (TPSA) is 70.5 Å². The molecule has 1 amide bonds. The average Bonchev–Trinajstić information content (AvgIpc) is 3.18. The van der Waals surface area contributed by atoms with Gasteiger partial charge in [0.1, 0.15) is 5.01 Å². The fourth-order valence-electron chi connectivity index (χ4n) is 2.69. The highest BCUT2D eigenvalue weighted by molar-refractivity contribution is 7.23. The van der Waals surface area contributed by atoms with Crippen LogP contribution >= 0.6 is 34.3 Å². The van der Waals surface area contributed by atoms with E-state index in [9.17, 15) is 9.59 Å². The molecule has 1 aliphatic rings. The smallest absolute Gasteiger partial charge is 0.308 e. The first-order valence-electron chi connectivity index (χ1n) is 7.14. The summed E-state index contributed by atoms with van der Waals surface area (Å²) in [5.74, 6) is -1.39. The van der Waals surface area contributed by atoms with Crippen LogP contribution in [0.5, 0.6) is 0 Å². The summed E-state index contributed by atoms with van der Waals surface area (Å²) in [6.45, 7) is 2.65. The van der Waals surface area contributed by atoms with Crippen LogP contribution in [0.2, 0.25) is 4.34 Å². The molecule has 0 bridgehead atoms. The van der Waals surface area contributed by atoms with E-state index in [1.54, 1.807) is 4.90 Å². The average molecular weight is 371 g/mol. The van der Waals surface area contributed by atoms with Crippen molar-refractivity contribution >= 4 is 46.2 Å². The molecule has 1 N–H and O–H groups in total. The van der Waals surface area contributed by atoms with E-state index in [0.717, 1.165) is 9.88 Å². The van der Waals surface area contributed by atoms with Crippen molar-refractivity contribution < 1.29 is 14.7 Å². The van der Waals surface area contributed by atoms with Crippen LogP contribution in [0.3, 0.4) is 0 Å². The molecule has 1 aliphatic heterocycles. The van der Waals surface area contributed by atoms with Gasteiger partial charge in [0.25, 0.3) is 0 Å². The molecule has 3 rings (SSSR count). The maximum absolute atomic E-state index is 12.4. The molecule has 23 heavy (non-hydrogen) atoms. The predicted molar refractivity (Wildman–Crippen MR) is 91.0 cm³/mol. The van der Waals surface area contributed by atoms with Gasteiger partial charge in [0.15, 0.2) is 0 Å². The number of likely N-dealkylation sites (tertiary alicyclic amines) is 1. The molecule has 122 valence electrons. The molecule has 0 unspecified atom stereocenters. The number of aromatic nitrogens is 1. The zero-order valence-electron chi connectivity index (χ0n) is 12.4. The highest BCUT2D eigenvalue weighted by Crippen LogP contribution is 2.33. The summed E-state index contributed by atoms with van der Waals surface area (Å²) in [7, 11) is 0. The van der Waals surface area contributed by atoms with Crippen molar-refractivity contribution in [3.8, 4) is 9.88 Å². The number of thiazole rings is 1. The first kappa shape index (κ1) is 16.4. The normalized spacial score (nSPS) is 20.9. The van der Waals surface area contributed by atoms with Crippen molar-refractivity contribution in [3.05, 3.63) is 27.5 Å². The third-order valence-corrected chi connectivity index (χ3v) is 6.24. The van der Waals surface area contributed by atoms with Crippen LogP contribution in [0.1, 0.15) is 12.6 Å². The van der Waals surface area contributed by atoms with Gasteiger partial charge in [-0.05, 0) is 18.1 Å². The third kappa shape index (κ3) is 3.57. The Morgan fingerprint density at radius 3 is 2.83 bits per heavy atom. The van der Waals surface area contributed by atoms with E-state index in [-0.39, 0.29) is 24.8 Å².